The van der Waals surface area contributed by atoms with E-state index in [0.29, 0.717) is 102 Å². The Balaban J connectivity index is 0.00000560. The number of carbonyl (C=O) groups is 8. The summed E-state index contributed by atoms with van der Waals surface area (Å²) in [4.78, 5) is 111. The lowest BCUT2D eigenvalue weighted by Gasteiger charge is -2.32. The molecule has 0 aromatic heterocycles. The van der Waals surface area contributed by atoms with E-state index in [9.17, 15) is 38.4 Å². The van der Waals surface area contributed by atoms with Gasteiger partial charge < -0.3 is 52.3 Å². The van der Waals surface area contributed by atoms with Gasteiger partial charge in [-0.3, -0.25) is 38.4 Å². The van der Waals surface area contributed by atoms with Gasteiger partial charge >= 0.3 is 0 Å². The van der Waals surface area contributed by atoms with E-state index in [0.717, 1.165) is 49.7 Å². The topological polar surface area (TPSA) is 239 Å². The predicted molar refractivity (Wildman–Crippen MR) is 304 cm³/mol. The van der Waals surface area contributed by atoms with E-state index < -0.39 is 36.3 Å². The van der Waals surface area contributed by atoms with Gasteiger partial charge in [0.25, 0.3) is 11.8 Å². The molecule has 2 aliphatic heterocycles. The first-order valence-corrected chi connectivity index (χ1v) is 27.8. The zero-order valence-corrected chi connectivity index (χ0v) is 47.3. The van der Waals surface area contributed by atoms with Crippen LogP contribution in [0.4, 0.5) is 0 Å². The fourth-order valence-electron chi connectivity index (χ4n) is 11.0. The highest BCUT2D eigenvalue weighted by molar-refractivity contribution is 5.98. The number of unbranched alkanes of at least 4 members (excludes halogenated alkanes) is 2. The second-order valence-electron chi connectivity index (χ2n) is 20.9. The highest BCUT2D eigenvalue weighted by Crippen LogP contribution is 2.32. The molecule has 4 aliphatic rings. The van der Waals surface area contributed by atoms with E-state index in [4.69, 9.17) is 0 Å². The molecule has 8 atom stereocenters. The smallest absolute Gasteiger partial charge is 0.251 e. The molecule has 2 aliphatic carbocycles. The zero-order chi connectivity index (χ0) is 54.1. The number of nitrogens with zero attached hydrogens (tertiary/aromatic N) is 2. The van der Waals surface area contributed by atoms with Crippen molar-refractivity contribution in [2.24, 2.45) is 0 Å². The summed E-state index contributed by atoms with van der Waals surface area (Å²) >= 11 is 0. The summed E-state index contributed by atoms with van der Waals surface area (Å²) in [6.07, 6.45) is 10.8. The molecular weight excluding hydrogens is 1040 g/mol. The summed E-state index contributed by atoms with van der Waals surface area (Å²) in [7, 11) is 3.34. The minimum Gasteiger partial charge on any atom is -0.352 e. The van der Waals surface area contributed by atoms with Crippen LogP contribution >= 0.6 is 24.8 Å². The van der Waals surface area contributed by atoms with Gasteiger partial charge in [-0.25, -0.2) is 0 Å². The molecule has 2 saturated heterocycles. The summed E-state index contributed by atoms with van der Waals surface area (Å²) in [5.74, 6) is -2.21. The maximum atomic E-state index is 14.1. The Morgan fingerprint density at radius 3 is 1.28 bits per heavy atom. The molecule has 8 N–H and O–H groups in total. The van der Waals surface area contributed by atoms with Gasteiger partial charge in [-0.1, -0.05) is 48.5 Å². The lowest BCUT2D eigenvalue weighted by atomic mass is 9.87. The van der Waals surface area contributed by atoms with Crippen molar-refractivity contribution in [3.8, 4) is 0 Å². The summed E-state index contributed by atoms with van der Waals surface area (Å²) in [6, 6.07) is 18.4. The van der Waals surface area contributed by atoms with E-state index >= 15 is 0 Å². The number of benzene rings is 3. The number of carbonyl (C=O) groups excluding carboxylic acids is 8. The van der Waals surface area contributed by atoms with Crippen molar-refractivity contribution in [2.45, 2.75) is 165 Å². The molecule has 18 nitrogen and oxygen atoms in total. The van der Waals surface area contributed by atoms with Gasteiger partial charge in [0.2, 0.25) is 35.4 Å². The molecule has 0 spiro atoms. The number of nitrogens with one attached hydrogen (secondary N) is 8. The molecule has 0 unspecified atom stereocenters. The lowest BCUT2D eigenvalue weighted by molar-refractivity contribution is -0.142. The van der Waals surface area contributed by atoms with Crippen LogP contribution in [0.15, 0.2) is 72.8 Å². The average Bonchev–Trinajstić information content (AvgIpc) is 4.17. The third-order valence-corrected chi connectivity index (χ3v) is 15.8. The van der Waals surface area contributed by atoms with E-state index in [1.807, 2.05) is 24.3 Å². The number of halogens is 2. The minimum atomic E-state index is -0.845. The van der Waals surface area contributed by atoms with Crippen LogP contribution in [-0.2, 0) is 41.6 Å². The number of hydrogen-bond donors (Lipinski definition) is 8. The largest absolute Gasteiger partial charge is 0.352 e. The van der Waals surface area contributed by atoms with Gasteiger partial charge in [-0.2, -0.15) is 0 Å². The number of likely N-dealkylation sites (tertiary alicyclic amines) is 2. The molecule has 0 saturated carbocycles. The molecule has 0 bridgehead atoms. The first-order chi connectivity index (χ1) is 36.8. The molecule has 426 valence electrons. The molecule has 20 heteroatoms. The Morgan fingerprint density at radius 1 is 0.513 bits per heavy atom. The number of likely N-dealkylation sites (N-methyl/N-ethyl adjacent to an activating group) is 2. The second-order valence-corrected chi connectivity index (χ2v) is 20.9. The predicted octanol–water partition coefficient (Wildman–Crippen LogP) is 4.89. The van der Waals surface area contributed by atoms with Gasteiger partial charge in [0.05, 0.1) is 24.2 Å². The maximum absolute atomic E-state index is 14.1. The fourth-order valence-corrected chi connectivity index (χ4v) is 11.0. The van der Waals surface area contributed by atoms with E-state index in [1.165, 1.54) is 11.1 Å². The van der Waals surface area contributed by atoms with Crippen molar-refractivity contribution < 1.29 is 38.4 Å². The highest BCUT2D eigenvalue weighted by atomic mass is 35.5. The maximum Gasteiger partial charge on any atom is 0.251 e. The van der Waals surface area contributed by atoms with Gasteiger partial charge in [0.1, 0.15) is 24.2 Å². The standard InChI is InChI=1S/C58H80N10O8.2ClH/c1-37(59-3)51(69)65-47(57(75)67-35-15-27-49(67)55(73)63-45-25-13-19-39-17-5-7-21-43(39)45)23-9-11-33-61-53(71)41-29-31-42(32-30-41)54(72)62-34-12-10-24-48(66-52(70)38(2)60-4)58(76)68-36-16-28-50(68)56(74)64-46-26-14-20-40-18-6-8-22-44(40)46;;/h5-8,17-18,21-22,29-32,37-38,45-50,59-60H,9-16,19-20,23-28,33-36H2,1-4H3,(H,61,71)(H,62,72)(H,63,73)(H,64,74)(H,65,69)(H,66,70);2*1H/t37-,38-,45+,46+,47-,48-,49-,50-;;/m0../s1. The Hall–Kier alpha value is -6.08. The van der Waals surface area contributed by atoms with Crippen molar-refractivity contribution in [2.75, 3.05) is 40.3 Å². The summed E-state index contributed by atoms with van der Waals surface area (Å²) in [5.41, 5.74) is 5.46. The van der Waals surface area contributed by atoms with Crippen molar-refractivity contribution >= 4 is 72.1 Å². The lowest BCUT2D eigenvalue weighted by Crippen LogP contribution is -2.55. The quantitative estimate of drug-likeness (QED) is 0.0566. The average molecular weight is 1120 g/mol. The third kappa shape index (κ3) is 16.5. The molecule has 3 aromatic carbocycles. The van der Waals surface area contributed by atoms with Crippen molar-refractivity contribution in [1.82, 2.24) is 52.3 Å². The summed E-state index contributed by atoms with van der Waals surface area (Å²) in [6.45, 7) is 4.90. The van der Waals surface area contributed by atoms with Crippen LogP contribution in [0.5, 0.6) is 0 Å². The summed E-state index contributed by atoms with van der Waals surface area (Å²) < 4.78 is 0. The normalized spacial score (nSPS) is 19.9. The number of amides is 8. The third-order valence-electron chi connectivity index (χ3n) is 15.8. The van der Waals surface area contributed by atoms with Crippen LogP contribution in [0.25, 0.3) is 0 Å². The van der Waals surface area contributed by atoms with Crippen LogP contribution in [0.3, 0.4) is 0 Å². The van der Waals surface area contributed by atoms with Gasteiger partial charge in [-0.15, -0.1) is 24.8 Å². The van der Waals surface area contributed by atoms with E-state index in [-0.39, 0.29) is 84.2 Å². The molecule has 3 aromatic rings. The van der Waals surface area contributed by atoms with E-state index in [1.54, 1.807) is 62.0 Å². The van der Waals surface area contributed by atoms with E-state index in [2.05, 4.69) is 66.8 Å². The number of fused-ring (bicyclic) bond motifs is 2. The first-order valence-electron chi connectivity index (χ1n) is 27.8. The highest BCUT2D eigenvalue weighted by Gasteiger charge is 2.40. The molecule has 7 rings (SSSR count). The SMILES string of the molecule is CN[C@@H](C)C(=O)N[C@@H](CCCCNC(=O)c1ccc(C(=O)NCCCC[C@H](NC(=O)[C@H](C)NC)C(=O)N2CCC[C@H]2C(=O)N[C@@H]2CCCc3ccccc32)cc1)C(=O)N1CCC[C@H]1C(=O)N[C@@H]1CCCc2ccccc21.Cl.Cl. The Morgan fingerprint density at radius 2 is 0.897 bits per heavy atom. The van der Waals surface area contributed by atoms with Crippen molar-refractivity contribution in [1.29, 1.82) is 0 Å². The number of hydrogen-bond acceptors (Lipinski definition) is 10. The molecule has 78 heavy (non-hydrogen) atoms. The Labute approximate surface area is 472 Å². The van der Waals surface area contributed by atoms with Gasteiger partial charge in [0, 0.05) is 37.3 Å². The molecule has 0 radical (unpaired) electrons. The summed E-state index contributed by atoms with van der Waals surface area (Å²) in [5, 5.41) is 24.0. The van der Waals surface area contributed by atoms with Crippen LogP contribution in [-0.4, -0.2) is 134 Å². The second kappa shape index (κ2) is 30.9. The molecular formula is C58H82Cl2N10O8. The van der Waals surface area contributed by atoms with Gasteiger partial charge in [-0.05, 0) is 177 Å². The Bertz CT molecular complexity index is 2360. The van der Waals surface area contributed by atoms with Crippen LogP contribution < -0.4 is 42.5 Å². The van der Waals surface area contributed by atoms with Gasteiger partial charge in [0.15, 0.2) is 0 Å². The molecule has 2 fully saturated rings. The Kier molecular flexibility index (Phi) is 24.9. The van der Waals surface area contributed by atoms with Crippen LogP contribution in [0, 0.1) is 0 Å². The monoisotopic (exact) mass is 1120 g/mol. The first kappa shape index (κ1) is 62.8. The van der Waals surface area contributed by atoms with Crippen LogP contribution in [0.2, 0.25) is 0 Å². The molecule has 2 heterocycles. The van der Waals surface area contributed by atoms with Crippen molar-refractivity contribution in [3.05, 3.63) is 106 Å². The fraction of sp³-hybridized carbons (Fsp3) is 0.552. The molecule has 8 amide bonds. The van der Waals surface area contributed by atoms with Crippen LogP contribution in [0.1, 0.15) is 159 Å². The number of rotatable bonds is 24. The minimum absolute atomic E-state index is 0. The van der Waals surface area contributed by atoms with Crippen molar-refractivity contribution in [3.63, 3.8) is 0 Å². The number of aryl methyl sites for hydroxylation is 2. The zero-order valence-electron chi connectivity index (χ0n) is 45.7.